The number of aliphatic hydroxyl groups is 2. The van der Waals surface area contributed by atoms with Gasteiger partial charge in [-0.3, -0.25) is 4.90 Å². The van der Waals surface area contributed by atoms with E-state index in [0.717, 1.165) is 12.1 Å². The number of aliphatic hydroxyl groups excluding tert-OH is 1. The van der Waals surface area contributed by atoms with Crippen LogP contribution in [0.3, 0.4) is 0 Å². The molecule has 0 amide bonds. The van der Waals surface area contributed by atoms with Gasteiger partial charge < -0.3 is 20.1 Å². The standard InChI is InChI=1S/C20H25NO4/c22-17-6-8-18(9-7-17)25-13-12-21-11-10-20(24,19(23)15-21)14-16-4-2-1-3-5-16/h1-9,19,22-24H,10-15H2/t19-,20+/m1/s1. The summed E-state index contributed by atoms with van der Waals surface area (Å²) in [4.78, 5) is 2.10. The number of phenols is 1. The first-order chi connectivity index (χ1) is 12.0. The zero-order chi connectivity index (χ0) is 17.7. The van der Waals surface area contributed by atoms with E-state index in [2.05, 4.69) is 4.90 Å². The monoisotopic (exact) mass is 343 g/mol. The summed E-state index contributed by atoms with van der Waals surface area (Å²) in [6.07, 6.45) is 0.213. The number of hydrogen-bond acceptors (Lipinski definition) is 5. The average Bonchev–Trinajstić information content (AvgIpc) is 2.61. The first-order valence-electron chi connectivity index (χ1n) is 8.64. The Hall–Kier alpha value is -2.08. The summed E-state index contributed by atoms with van der Waals surface area (Å²) in [6.45, 7) is 2.33. The summed E-state index contributed by atoms with van der Waals surface area (Å²) in [6, 6.07) is 16.4. The van der Waals surface area contributed by atoms with Crippen molar-refractivity contribution < 1.29 is 20.1 Å². The van der Waals surface area contributed by atoms with Crippen LogP contribution in [0.1, 0.15) is 12.0 Å². The van der Waals surface area contributed by atoms with Crippen molar-refractivity contribution in [3.8, 4) is 11.5 Å². The number of ether oxygens (including phenoxy) is 1. The lowest BCUT2D eigenvalue weighted by atomic mass is 9.83. The molecule has 5 heteroatoms. The normalized spacial score (nSPS) is 24.2. The fourth-order valence-corrected chi connectivity index (χ4v) is 3.22. The maximum atomic E-state index is 10.8. The largest absolute Gasteiger partial charge is 0.508 e. The fraction of sp³-hybridized carbons (Fsp3) is 0.400. The number of hydrogen-bond donors (Lipinski definition) is 3. The van der Waals surface area contributed by atoms with Crippen LogP contribution in [0.15, 0.2) is 54.6 Å². The first kappa shape index (κ1) is 17.7. The van der Waals surface area contributed by atoms with E-state index in [-0.39, 0.29) is 5.75 Å². The van der Waals surface area contributed by atoms with Gasteiger partial charge in [0.15, 0.2) is 0 Å². The number of phenolic OH excluding ortho intramolecular Hbond substituents is 1. The smallest absolute Gasteiger partial charge is 0.119 e. The van der Waals surface area contributed by atoms with Crippen molar-refractivity contribution in [2.24, 2.45) is 0 Å². The van der Waals surface area contributed by atoms with Gasteiger partial charge in [-0.2, -0.15) is 0 Å². The van der Waals surface area contributed by atoms with Gasteiger partial charge in [-0.05, 0) is 36.2 Å². The van der Waals surface area contributed by atoms with E-state index in [9.17, 15) is 15.3 Å². The molecule has 0 aliphatic carbocycles. The summed E-state index contributed by atoms with van der Waals surface area (Å²) in [7, 11) is 0. The highest BCUT2D eigenvalue weighted by atomic mass is 16.5. The van der Waals surface area contributed by atoms with Crippen molar-refractivity contribution in [3.63, 3.8) is 0 Å². The number of β-amino-alcohol motifs (C(OH)–C–C–N with tert-alkyl or cyclic N) is 1. The van der Waals surface area contributed by atoms with E-state index in [1.165, 1.54) is 0 Å². The van der Waals surface area contributed by atoms with Crippen molar-refractivity contribution in [2.75, 3.05) is 26.2 Å². The summed E-state index contributed by atoms with van der Waals surface area (Å²) in [5.74, 6) is 0.917. The summed E-state index contributed by atoms with van der Waals surface area (Å²) >= 11 is 0. The van der Waals surface area contributed by atoms with E-state index in [4.69, 9.17) is 4.74 Å². The van der Waals surface area contributed by atoms with Gasteiger partial charge >= 0.3 is 0 Å². The Bertz CT molecular complexity index is 661. The maximum absolute atomic E-state index is 10.8. The molecule has 0 spiro atoms. The van der Waals surface area contributed by atoms with E-state index in [1.54, 1.807) is 24.3 Å². The van der Waals surface area contributed by atoms with Crippen molar-refractivity contribution in [1.82, 2.24) is 4.90 Å². The molecule has 0 unspecified atom stereocenters. The quantitative estimate of drug-likeness (QED) is 0.746. The minimum Gasteiger partial charge on any atom is -0.508 e. The van der Waals surface area contributed by atoms with Crippen molar-refractivity contribution >= 4 is 0 Å². The van der Waals surface area contributed by atoms with Crippen LogP contribution in [0.2, 0.25) is 0 Å². The second-order valence-electron chi connectivity index (χ2n) is 6.67. The molecule has 1 heterocycles. The van der Waals surface area contributed by atoms with Crippen molar-refractivity contribution in [3.05, 3.63) is 60.2 Å². The van der Waals surface area contributed by atoms with Crippen LogP contribution in [-0.2, 0) is 6.42 Å². The Balaban J connectivity index is 1.47. The molecule has 2 aromatic rings. The highest BCUT2D eigenvalue weighted by Crippen LogP contribution is 2.27. The predicted octanol–water partition coefficient (Wildman–Crippen LogP) is 1.81. The van der Waals surface area contributed by atoms with Crippen LogP contribution >= 0.6 is 0 Å². The zero-order valence-electron chi connectivity index (χ0n) is 14.2. The molecule has 0 saturated carbocycles. The van der Waals surface area contributed by atoms with Gasteiger partial charge in [-0.1, -0.05) is 30.3 Å². The minimum atomic E-state index is -1.07. The lowest BCUT2D eigenvalue weighted by Crippen LogP contribution is -2.57. The van der Waals surface area contributed by atoms with Crippen LogP contribution in [-0.4, -0.2) is 58.2 Å². The van der Waals surface area contributed by atoms with Gasteiger partial charge in [0.2, 0.25) is 0 Å². The molecular weight excluding hydrogens is 318 g/mol. The molecule has 1 aliphatic rings. The Kier molecular flexibility index (Phi) is 5.58. The molecule has 2 atom stereocenters. The average molecular weight is 343 g/mol. The van der Waals surface area contributed by atoms with E-state index >= 15 is 0 Å². The van der Waals surface area contributed by atoms with Crippen LogP contribution < -0.4 is 4.74 Å². The molecule has 25 heavy (non-hydrogen) atoms. The third-order valence-electron chi connectivity index (χ3n) is 4.78. The zero-order valence-corrected chi connectivity index (χ0v) is 14.2. The lowest BCUT2D eigenvalue weighted by molar-refractivity contribution is -0.119. The highest BCUT2D eigenvalue weighted by Gasteiger charge is 2.40. The van der Waals surface area contributed by atoms with Gasteiger partial charge in [0.1, 0.15) is 18.1 Å². The second-order valence-corrected chi connectivity index (χ2v) is 6.67. The first-order valence-corrected chi connectivity index (χ1v) is 8.64. The molecule has 3 N–H and O–H groups in total. The minimum absolute atomic E-state index is 0.212. The van der Waals surface area contributed by atoms with Crippen LogP contribution in [0, 0.1) is 0 Å². The van der Waals surface area contributed by atoms with Crippen molar-refractivity contribution in [1.29, 1.82) is 0 Å². The highest BCUT2D eigenvalue weighted by molar-refractivity contribution is 5.30. The van der Waals surface area contributed by atoms with Gasteiger partial charge in [-0.25, -0.2) is 0 Å². The third-order valence-corrected chi connectivity index (χ3v) is 4.78. The van der Waals surface area contributed by atoms with Gasteiger partial charge in [-0.15, -0.1) is 0 Å². The molecule has 2 aromatic carbocycles. The third kappa shape index (κ3) is 4.72. The molecule has 1 aliphatic heterocycles. The van der Waals surface area contributed by atoms with Crippen LogP contribution in [0.25, 0.3) is 0 Å². The molecule has 0 bridgehead atoms. The summed E-state index contributed by atoms with van der Waals surface area (Å²) in [5, 5.41) is 30.5. The lowest BCUT2D eigenvalue weighted by Gasteiger charge is -2.42. The number of piperidine rings is 1. The molecule has 1 fully saturated rings. The van der Waals surface area contributed by atoms with E-state index in [1.807, 2.05) is 30.3 Å². The SMILES string of the molecule is Oc1ccc(OCCN2CC[C@](O)(Cc3ccccc3)[C@H](O)C2)cc1. The summed E-state index contributed by atoms with van der Waals surface area (Å²) in [5.41, 5.74) is -0.0384. The van der Waals surface area contributed by atoms with Gasteiger partial charge in [0, 0.05) is 26.1 Å². The maximum Gasteiger partial charge on any atom is 0.119 e. The topological polar surface area (TPSA) is 73.2 Å². The molecular formula is C20H25NO4. The molecule has 0 aromatic heterocycles. The van der Waals surface area contributed by atoms with Crippen LogP contribution in [0.5, 0.6) is 11.5 Å². The number of rotatable bonds is 6. The molecule has 1 saturated heterocycles. The predicted molar refractivity (Wildman–Crippen MR) is 95.8 cm³/mol. The second kappa shape index (κ2) is 7.87. The Labute approximate surface area is 148 Å². The Morgan fingerprint density at radius 1 is 1.08 bits per heavy atom. The molecule has 134 valence electrons. The molecule has 3 rings (SSSR count). The molecule has 5 nitrogen and oxygen atoms in total. The number of likely N-dealkylation sites (tertiary alicyclic amines) is 1. The van der Waals surface area contributed by atoms with Crippen molar-refractivity contribution in [2.45, 2.75) is 24.5 Å². The van der Waals surface area contributed by atoms with E-state index < -0.39 is 11.7 Å². The van der Waals surface area contributed by atoms with E-state index in [0.29, 0.717) is 38.3 Å². The Morgan fingerprint density at radius 2 is 1.80 bits per heavy atom. The number of benzene rings is 2. The summed E-state index contributed by atoms with van der Waals surface area (Å²) < 4.78 is 5.65. The Morgan fingerprint density at radius 3 is 2.48 bits per heavy atom. The van der Waals surface area contributed by atoms with Gasteiger partial charge in [0.25, 0.3) is 0 Å². The van der Waals surface area contributed by atoms with Gasteiger partial charge in [0.05, 0.1) is 11.7 Å². The fourth-order valence-electron chi connectivity index (χ4n) is 3.22. The number of aromatic hydroxyl groups is 1. The molecule has 0 radical (unpaired) electrons. The van der Waals surface area contributed by atoms with Crippen LogP contribution in [0.4, 0.5) is 0 Å². The number of nitrogens with zero attached hydrogens (tertiary/aromatic N) is 1.